The number of aryl methyl sites for hydroxylation is 1. The normalized spacial score (nSPS) is 14.9. The number of hydrogen-bond donors (Lipinski definition) is 4. The largest absolute Gasteiger partial charge is 0.507 e. The summed E-state index contributed by atoms with van der Waals surface area (Å²) in [5.41, 5.74) is 11.9. The maximum absolute atomic E-state index is 12.7. The van der Waals surface area contributed by atoms with E-state index in [9.17, 15) is 9.90 Å². The minimum absolute atomic E-state index is 0.102. The van der Waals surface area contributed by atoms with Crippen molar-refractivity contribution in [3.63, 3.8) is 0 Å². The van der Waals surface area contributed by atoms with E-state index in [-0.39, 0.29) is 11.7 Å². The summed E-state index contributed by atoms with van der Waals surface area (Å²) in [6.07, 6.45) is 3.28. The summed E-state index contributed by atoms with van der Waals surface area (Å²) in [6, 6.07) is 25.0. The second-order valence-corrected chi connectivity index (χ2v) is 7.11. The van der Waals surface area contributed by atoms with Gasteiger partial charge in [-0.25, -0.2) is 10.9 Å². The van der Waals surface area contributed by atoms with Gasteiger partial charge in [0.1, 0.15) is 17.0 Å². The number of phenolic OH excluding ortho intramolecular Hbond substituents is 1. The summed E-state index contributed by atoms with van der Waals surface area (Å²) >= 11 is 0. The van der Waals surface area contributed by atoms with E-state index in [1.165, 1.54) is 6.21 Å². The number of aromatic hydroxyl groups is 1. The molecule has 0 aromatic heterocycles. The first kappa shape index (κ1) is 19.4. The van der Waals surface area contributed by atoms with Crippen LogP contribution in [0.2, 0.25) is 0 Å². The van der Waals surface area contributed by atoms with E-state index in [1.54, 1.807) is 18.2 Å². The van der Waals surface area contributed by atoms with E-state index < -0.39 is 5.54 Å². The predicted octanol–water partition coefficient (Wildman–Crippen LogP) is 3.09. The van der Waals surface area contributed by atoms with E-state index in [4.69, 9.17) is 0 Å². The Morgan fingerprint density at radius 2 is 1.63 bits per heavy atom. The van der Waals surface area contributed by atoms with E-state index in [0.29, 0.717) is 11.3 Å². The highest BCUT2D eigenvalue weighted by atomic mass is 16.3. The van der Waals surface area contributed by atoms with Crippen molar-refractivity contribution in [3.8, 4) is 5.75 Å². The van der Waals surface area contributed by atoms with Crippen molar-refractivity contribution in [3.05, 3.63) is 113 Å². The van der Waals surface area contributed by atoms with Crippen LogP contribution in [-0.2, 0) is 10.3 Å². The SMILES string of the molecule is Cc1ccc(O)c(/C=N/NC(=O)C2=CC(c3ccccc3)(c3ccccc3)NN2)c1. The Morgan fingerprint density at radius 1 is 1.00 bits per heavy atom. The molecule has 0 bridgehead atoms. The number of phenols is 1. The standard InChI is InChI=1S/C24H22N4O2/c1-17-12-13-22(29)18(14-17)16-25-27-23(30)21-15-24(28-26-21,19-8-4-2-5-9-19)20-10-6-3-7-11-20/h2-16,26,28-29H,1H3,(H,27,30)/b25-16+. The number of nitrogens with zero attached hydrogens (tertiary/aromatic N) is 1. The summed E-state index contributed by atoms with van der Waals surface area (Å²) in [6.45, 7) is 1.92. The average Bonchev–Trinajstić information content (AvgIpc) is 3.24. The molecule has 1 aliphatic rings. The molecule has 4 rings (SSSR count). The fourth-order valence-corrected chi connectivity index (χ4v) is 3.45. The third-order valence-electron chi connectivity index (χ3n) is 5.01. The van der Waals surface area contributed by atoms with Gasteiger partial charge in [-0.3, -0.25) is 4.79 Å². The van der Waals surface area contributed by atoms with Crippen LogP contribution >= 0.6 is 0 Å². The highest BCUT2D eigenvalue weighted by Crippen LogP contribution is 2.34. The molecule has 6 nitrogen and oxygen atoms in total. The molecule has 3 aromatic carbocycles. The highest BCUT2D eigenvalue weighted by molar-refractivity contribution is 5.94. The van der Waals surface area contributed by atoms with Gasteiger partial charge in [0.05, 0.1) is 6.21 Å². The number of carbonyl (C=O) groups is 1. The number of hydrazine groups is 1. The number of benzene rings is 3. The topological polar surface area (TPSA) is 85.8 Å². The van der Waals surface area contributed by atoms with Crippen molar-refractivity contribution in [2.75, 3.05) is 0 Å². The molecule has 0 atom stereocenters. The zero-order valence-electron chi connectivity index (χ0n) is 16.5. The number of nitrogens with one attached hydrogen (secondary N) is 3. The summed E-state index contributed by atoms with van der Waals surface area (Å²) in [5, 5.41) is 13.9. The molecule has 0 unspecified atom stereocenters. The lowest BCUT2D eigenvalue weighted by molar-refractivity contribution is -0.117. The van der Waals surface area contributed by atoms with E-state index in [0.717, 1.165) is 16.7 Å². The number of hydrogen-bond acceptors (Lipinski definition) is 5. The molecule has 1 amide bonds. The fraction of sp³-hybridized carbons (Fsp3) is 0.0833. The molecular weight excluding hydrogens is 376 g/mol. The molecule has 0 fully saturated rings. The van der Waals surface area contributed by atoms with Crippen LogP contribution in [0.3, 0.4) is 0 Å². The van der Waals surface area contributed by atoms with Gasteiger partial charge >= 0.3 is 0 Å². The van der Waals surface area contributed by atoms with Crippen LogP contribution in [-0.4, -0.2) is 17.2 Å². The zero-order chi connectivity index (χ0) is 21.0. The predicted molar refractivity (Wildman–Crippen MR) is 117 cm³/mol. The quantitative estimate of drug-likeness (QED) is 0.393. The van der Waals surface area contributed by atoms with E-state index in [2.05, 4.69) is 21.4 Å². The zero-order valence-corrected chi connectivity index (χ0v) is 16.5. The second kappa shape index (κ2) is 8.23. The average molecular weight is 398 g/mol. The van der Waals surface area contributed by atoms with Crippen LogP contribution in [0.4, 0.5) is 0 Å². The van der Waals surface area contributed by atoms with Crippen molar-refractivity contribution in [2.24, 2.45) is 5.10 Å². The summed E-state index contributed by atoms with van der Waals surface area (Å²) < 4.78 is 0. The van der Waals surface area contributed by atoms with Crippen LogP contribution in [0.5, 0.6) is 5.75 Å². The molecule has 4 N–H and O–H groups in total. The number of rotatable bonds is 5. The van der Waals surface area contributed by atoms with Crippen LogP contribution in [0.25, 0.3) is 0 Å². The monoisotopic (exact) mass is 398 g/mol. The summed E-state index contributed by atoms with van der Waals surface area (Å²) in [5.74, 6) is -0.287. The third kappa shape index (κ3) is 3.81. The highest BCUT2D eigenvalue weighted by Gasteiger charge is 2.38. The molecule has 1 aliphatic heterocycles. The van der Waals surface area contributed by atoms with Crippen LogP contribution in [0, 0.1) is 6.92 Å². The Bertz CT molecular complexity index is 1070. The van der Waals surface area contributed by atoms with Gasteiger partial charge in [-0.1, -0.05) is 72.3 Å². The smallest absolute Gasteiger partial charge is 0.288 e. The van der Waals surface area contributed by atoms with Crippen LogP contribution in [0.1, 0.15) is 22.3 Å². The van der Waals surface area contributed by atoms with E-state index >= 15 is 0 Å². The third-order valence-corrected chi connectivity index (χ3v) is 5.01. The Labute approximate surface area is 174 Å². The van der Waals surface area contributed by atoms with Gasteiger partial charge in [0, 0.05) is 5.56 Å². The molecule has 150 valence electrons. The first-order valence-corrected chi connectivity index (χ1v) is 9.58. The molecule has 0 spiro atoms. The first-order chi connectivity index (χ1) is 14.6. The second-order valence-electron chi connectivity index (χ2n) is 7.11. The van der Waals surface area contributed by atoms with Crippen LogP contribution < -0.4 is 16.3 Å². The Kier molecular flexibility index (Phi) is 5.32. The number of hydrazone groups is 1. The molecule has 0 saturated heterocycles. The molecule has 3 aromatic rings. The van der Waals surface area contributed by atoms with Gasteiger partial charge in [0.2, 0.25) is 0 Å². The lowest BCUT2D eigenvalue weighted by Gasteiger charge is -2.28. The van der Waals surface area contributed by atoms with Gasteiger partial charge in [-0.05, 0) is 36.3 Å². The van der Waals surface area contributed by atoms with Crippen molar-refractivity contribution in [1.29, 1.82) is 0 Å². The number of carbonyl (C=O) groups excluding carboxylic acids is 1. The molecule has 30 heavy (non-hydrogen) atoms. The molecule has 0 saturated carbocycles. The lowest BCUT2D eigenvalue weighted by atomic mass is 9.83. The molecule has 0 aliphatic carbocycles. The van der Waals surface area contributed by atoms with Crippen molar-refractivity contribution < 1.29 is 9.90 Å². The van der Waals surface area contributed by atoms with Crippen molar-refractivity contribution >= 4 is 12.1 Å². The summed E-state index contributed by atoms with van der Waals surface area (Å²) in [7, 11) is 0. The van der Waals surface area contributed by atoms with Crippen molar-refractivity contribution in [2.45, 2.75) is 12.5 Å². The maximum Gasteiger partial charge on any atom is 0.288 e. The molecule has 6 heteroatoms. The van der Waals surface area contributed by atoms with Gasteiger partial charge in [-0.2, -0.15) is 5.10 Å². The van der Waals surface area contributed by atoms with Crippen LogP contribution in [0.15, 0.2) is 95.7 Å². The Morgan fingerprint density at radius 3 is 2.27 bits per heavy atom. The fourth-order valence-electron chi connectivity index (χ4n) is 3.45. The van der Waals surface area contributed by atoms with Gasteiger partial charge < -0.3 is 10.5 Å². The van der Waals surface area contributed by atoms with Gasteiger partial charge in [0.25, 0.3) is 5.91 Å². The Balaban J connectivity index is 1.59. The van der Waals surface area contributed by atoms with Crippen molar-refractivity contribution in [1.82, 2.24) is 16.3 Å². The van der Waals surface area contributed by atoms with Gasteiger partial charge in [-0.15, -0.1) is 0 Å². The minimum Gasteiger partial charge on any atom is -0.507 e. The summed E-state index contributed by atoms with van der Waals surface area (Å²) in [4.78, 5) is 12.7. The Hall–Kier alpha value is -3.90. The first-order valence-electron chi connectivity index (χ1n) is 9.58. The number of amides is 1. The molecular formula is C24H22N4O2. The molecule has 0 radical (unpaired) electrons. The van der Waals surface area contributed by atoms with Gasteiger partial charge in [0.15, 0.2) is 0 Å². The lowest BCUT2D eigenvalue weighted by Crippen LogP contribution is -2.44. The maximum atomic E-state index is 12.7. The van der Waals surface area contributed by atoms with E-state index in [1.807, 2.05) is 73.7 Å². The molecule has 1 heterocycles. The minimum atomic E-state index is -0.687.